The summed E-state index contributed by atoms with van der Waals surface area (Å²) in [6, 6.07) is 12.5. The molecule has 2 aromatic rings. The first-order chi connectivity index (χ1) is 11.4. The minimum absolute atomic E-state index is 0.247. The van der Waals surface area contributed by atoms with Crippen LogP contribution in [0.1, 0.15) is 0 Å². The van der Waals surface area contributed by atoms with Crippen LogP contribution in [0, 0.1) is 0 Å². The van der Waals surface area contributed by atoms with Crippen LogP contribution in [0.5, 0.6) is 0 Å². The average Bonchev–Trinajstić information content (AvgIpc) is 2.56. The van der Waals surface area contributed by atoms with E-state index in [1.54, 1.807) is 18.2 Å². The van der Waals surface area contributed by atoms with Crippen molar-refractivity contribution in [2.24, 2.45) is 0 Å². The lowest BCUT2D eigenvalue weighted by atomic mass is 10.2. The number of carbonyl (C=O) groups is 1. The molecule has 0 saturated carbocycles. The Kier molecular flexibility index (Phi) is 6.25. The van der Waals surface area contributed by atoms with Crippen LogP contribution in [-0.4, -0.2) is 25.6 Å². The maximum Gasteiger partial charge on any atom is 0.232 e. The van der Waals surface area contributed by atoms with Crippen molar-refractivity contribution >= 4 is 64.0 Å². The standard InChI is InChI=1S/C16H16Cl2N4OS/c1-21(2)12-4-6-13(7-5-12)22(10-23)20-16(24)19-11-3-8-14(17)15(18)9-11/h3-10H,1-2H3,(H2,19,20,24). The van der Waals surface area contributed by atoms with Crippen LogP contribution < -0.4 is 20.7 Å². The third-order valence-electron chi connectivity index (χ3n) is 3.15. The van der Waals surface area contributed by atoms with Crippen molar-refractivity contribution in [3.05, 3.63) is 52.5 Å². The average molecular weight is 383 g/mol. The van der Waals surface area contributed by atoms with Gasteiger partial charge >= 0.3 is 0 Å². The Bertz CT molecular complexity index is 737. The SMILES string of the molecule is CN(C)c1ccc(N(C=O)NC(=S)Nc2ccc(Cl)c(Cl)c2)cc1. The molecule has 0 aliphatic rings. The molecular weight excluding hydrogens is 367 g/mol. The number of thiocarbonyl (C=S) groups is 1. The second kappa shape index (κ2) is 8.19. The summed E-state index contributed by atoms with van der Waals surface area (Å²) in [5.74, 6) is 0. The number of hydrogen-bond acceptors (Lipinski definition) is 3. The van der Waals surface area contributed by atoms with E-state index in [0.29, 0.717) is 27.8 Å². The molecule has 0 radical (unpaired) electrons. The van der Waals surface area contributed by atoms with Crippen molar-refractivity contribution < 1.29 is 4.79 Å². The molecule has 0 fully saturated rings. The normalized spacial score (nSPS) is 10.0. The summed E-state index contributed by atoms with van der Waals surface area (Å²) in [5.41, 5.74) is 5.16. The summed E-state index contributed by atoms with van der Waals surface area (Å²) in [4.78, 5) is 13.3. The highest BCUT2D eigenvalue weighted by Gasteiger charge is 2.08. The van der Waals surface area contributed by atoms with Gasteiger partial charge in [-0.15, -0.1) is 0 Å². The largest absolute Gasteiger partial charge is 0.378 e. The van der Waals surface area contributed by atoms with E-state index in [1.165, 1.54) is 5.01 Å². The second-order valence-electron chi connectivity index (χ2n) is 5.08. The summed E-state index contributed by atoms with van der Waals surface area (Å²) in [5, 5.41) is 5.34. The zero-order valence-corrected chi connectivity index (χ0v) is 15.4. The molecule has 0 bridgehead atoms. The van der Waals surface area contributed by atoms with E-state index < -0.39 is 0 Å². The van der Waals surface area contributed by atoms with Crippen LogP contribution in [0.15, 0.2) is 42.5 Å². The molecule has 2 N–H and O–H groups in total. The van der Waals surface area contributed by atoms with Gasteiger partial charge in [-0.1, -0.05) is 23.2 Å². The molecule has 0 atom stereocenters. The summed E-state index contributed by atoms with van der Waals surface area (Å²) in [6.07, 6.45) is 0.646. The number of halogens is 2. The van der Waals surface area contributed by atoms with Gasteiger partial charge in [0.25, 0.3) is 0 Å². The Morgan fingerprint density at radius 3 is 2.21 bits per heavy atom. The molecule has 0 spiro atoms. The number of amides is 1. The Morgan fingerprint density at radius 1 is 1.04 bits per heavy atom. The minimum atomic E-state index is 0.247. The number of nitrogens with zero attached hydrogens (tertiary/aromatic N) is 2. The Labute approximate surface area is 156 Å². The number of hydrazine groups is 1. The smallest absolute Gasteiger partial charge is 0.232 e. The first kappa shape index (κ1) is 18.3. The number of carbonyl (C=O) groups excluding carboxylic acids is 1. The van der Waals surface area contributed by atoms with Gasteiger partial charge in [-0.25, -0.2) is 5.01 Å². The first-order valence-corrected chi connectivity index (χ1v) is 8.11. The van der Waals surface area contributed by atoms with Crippen LogP contribution >= 0.6 is 35.4 Å². The molecule has 126 valence electrons. The van der Waals surface area contributed by atoms with E-state index in [9.17, 15) is 4.79 Å². The molecule has 0 aliphatic heterocycles. The maximum absolute atomic E-state index is 11.3. The van der Waals surface area contributed by atoms with E-state index in [4.69, 9.17) is 35.4 Å². The van der Waals surface area contributed by atoms with Crippen LogP contribution in [0.2, 0.25) is 10.0 Å². The molecular formula is C16H16Cl2N4OS. The lowest BCUT2D eigenvalue weighted by Crippen LogP contribution is -2.43. The van der Waals surface area contributed by atoms with Crippen molar-refractivity contribution in [2.45, 2.75) is 0 Å². The fourth-order valence-electron chi connectivity index (χ4n) is 1.91. The van der Waals surface area contributed by atoms with Gasteiger partial charge < -0.3 is 10.2 Å². The second-order valence-corrected chi connectivity index (χ2v) is 6.30. The molecule has 1 amide bonds. The van der Waals surface area contributed by atoms with Crippen molar-refractivity contribution in [3.63, 3.8) is 0 Å². The summed E-state index contributed by atoms with van der Waals surface area (Å²) >= 11 is 17.0. The predicted molar refractivity (Wildman–Crippen MR) is 105 cm³/mol. The van der Waals surface area contributed by atoms with Crippen LogP contribution in [0.3, 0.4) is 0 Å². The zero-order chi connectivity index (χ0) is 17.7. The molecule has 2 aromatic carbocycles. The van der Waals surface area contributed by atoms with E-state index >= 15 is 0 Å². The minimum Gasteiger partial charge on any atom is -0.378 e. The summed E-state index contributed by atoms with van der Waals surface area (Å²) in [6.45, 7) is 0. The Balaban J connectivity index is 2.04. The van der Waals surface area contributed by atoms with E-state index in [0.717, 1.165) is 5.69 Å². The third kappa shape index (κ3) is 4.74. The lowest BCUT2D eigenvalue weighted by molar-refractivity contribution is -0.107. The van der Waals surface area contributed by atoms with Crippen molar-refractivity contribution in [3.8, 4) is 0 Å². The molecule has 0 aromatic heterocycles. The molecule has 8 heteroatoms. The van der Waals surface area contributed by atoms with E-state index in [1.807, 2.05) is 43.3 Å². The summed E-state index contributed by atoms with van der Waals surface area (Å²) in [7, 11) is 3.89. The first-order valence-electron chi connectivity index (χ1n) is 6.95. The van der Waals surface area contributed by atoms with Crippen LogP contribution in [0.25, 0.3) is 0 Å². The fourth-order valence-corrected chi connectivity index (χ4v) is 2.42. The van der Waals surface area contributed by atoms with Crippen LogP contribution in [0.4, 0.5) is 17.1 Å². The van der Waals surface area contributed by atoms with Gasteiger partial charge in [0, 0.05) is 25.5 Å². The van der Waals surface area contributed by atoms with Gasteiger partial charge in [-0.2, -0.15) is 0 Å². The lowest BCUT2D eigenvalue weighted by Gasteiger charge is -2.21. The molecule has 0 unspecified atom stereocenters. The van der Waals surface area contributed by atoms with Gasteiger partial charge in [0.15, 0.2) is 5.11 Å². The number of anilines is 3. The summed E-state index contributed by atoms with van der Waals surface area (Å²) < 4.78 is 0. The van der Waals surface area contributed by atoms with Gasteiger partial charge in [-0.05, 0) is 54.7 Å². The van der Waals surface area contributed by atoms with Crippen molar-refractivity contribution in [2.75, 3.05) is 29.3 Å². The quantitative estimate of drug-likeness (QED) is 0.466. The monoisotopic (exact) mass is 382 g/mol. The van der Waals surface area contributed by atoms with Gasteiger partial charge in [0.1, 0.15) is 0 Å². The fraction of sp³-hybridized carbons (Fsp3) is 0.125. The van der Waals surface area contributed by atoms with E-state index in [2.05, 4.69) is 10.7 Å². The van der Waals surface area contributed by atoms with Crippen LogP contribution in [-0.2, 0) is 4.79 Å². The highest BCUT2D eigenvalue weighted by molar-refractivity contribution is 7.80. The molecule has 24 heavy (non-hydrogen) atoms. The Morgan fingerprint density at radius 2 is 1.67 bits per heavy atom. The highest BCUT2D eigenvalue weighted by Crippen LogP contribution is 2.25. The zero-order valence-electron chi connectivity index (χ0n) is 13.1. The number of benzene rings is 2. The molecule has 0 saturated heterocycles. The number of nitrogens with one attached hydrogen (secondary N) is 2. The number of hydrogen-bond donors (Lipinski definition) is 2. The molecule has 5 nitrogen and oxygen atoms in total. The van der Waals surface area contributed by atoms with Gasteiger partial charge in [0.05, 0.1) is 15.7 Å². The van der Waals surface area contributed by atoms with Crippen molar-refractivity contribution in [1.82, 2.24) is 5.43 Å². The molecule has 0 aliphatic carbocycles. The topological polar surface area (TPSA) is 47.6 Å². The molecule has 0 heterocycles. The predicted octanol–water partition coefficient (Wildman–Crippen LogP) is 3.92. The maximum atomic E-state index is 11.3. The van der Waals surface area contributed by atoms with Crippen molar-refractivity contribution in [1.29, 1.82) is 0 Å². The Hall–Kier alpha value is -2.02. The molecule has 2 rings (SSSR count). The number of rotatable bonds is 5. The van der Waals surface area contributed by atoms with Gasteiger partial charge in [0.2, 0.25) is 6.41 Å². The van der Waals surface area contributed by atoms with E-state index in [-0.39, 0.29) is 5.11 Å². The highest BCUT2D eigenvalue weighted by atomic mass is 35.5. The van der Waals surface area contributed by atoms with Gasteiger partial charge in [-0.3, -0.25) is 10.2 Å². The third-order valence-corrected chi connectivity index (χ3v) is 4.08.